The van der Waals surface area contributed by atoms with Gasteiger partial charge >= 0.3 is 0 Å². The van der Waals surface area contributed by atoms with Crippen LogP contribution in [0, 0.1) is 0 Å². The molecule has 3 aromatic rings. The first-order valence-corrected chi connectivity index (χ1v) is 9.57. The molecule has 2 aromatic carbocycles. The zero-order valence-electron chi connectivity index (χ0n) is 16.3. The van der Waals surface area contributed by atoms with Gasteiger partial charge in [-0.3, -0.25) is 4.79 Å². The van der Waals surface area contributed by atoms with Gasteiger partial charge in [-0.25, -0.2) is 0 Å². The van der Waals surface area contributed by atoms with E-state index in [1.165, 1.54) is 5.69 Å². The van der Waals surface area contributed by atoms with Gasteiger partial charge in [-0.15, -0.1) is 10.2 Å². The van der Waals surface area contributed by atoms with Crippen LogP contribution in [0.1, 0.15) is 10.5 Å². The van der Waals surface area contributed by atoms with Crippen molar-refractivity contribution in [3.8, 4) is 5.75 Å². The van der Waals surface area contributed by atoms with Crippen LogP contribution < -0.4 is 15.0 Å². The Hall–Kier alpha value is -3.61. The lowest BCUT2D eigenvalue weighted by atomic mass is 10.2. The molecule has 0 radical (unpaired) electrons. The minimum absolute atomic E-state index is 0.0851. The Balaban J connectivity index is 1.36. The van der Waals surface area contributed by atoms with Gasteiger partial charge in [0.05, 0.1) is 7.11 Å². The minimum atomic E-state index is -0.0851. The maximum atomic E-state index is 12.8. The predicted octanol–water partition coefficient (Wildman–Crippen LogP) is 3.19. The van der Waals surface area contributed by atoms with Gasteiger partial charge in [0, 0.05) is 43.6 Å². The molecule has 2 heterocycles. The molecule has 1 amide bonds. The maximum absolute atomic E-state index is 12.8. The van der Waals surface area contributed by atoms with Crippen molar-refractivity contribution in [1.29, 1.82) is 0 Å². The number of benzene rings is 2. The third kappa shape index (κ3) is 4.45. The van der Waals surface area contributed by atoms with E-state index in [1.807, 2.05) is 47.4 Å². The summed E-state index contributed by atoms with van der Waals surface area (Å²) >= 11 is 0. The molecule has 0 spiro atoms. The fourth-order valence-corrected chi connectivity index (χ4v) is 3.33. The monoisotopic (exact) mass is 389 g/mol. The summed E-state index contributed by atoms with van der Waals surface area (Å²) in [6.45, 7) is 2.94. The summed E-state index contributed by atoms with van der Waals surface area (Å²) in [5, 5.41) is 11.4. The predicted molar refractivity (Wildman–Crippen MR) is 113 cm³/mol. The Bertz CT molecular complexity index is 954. The first-order chi connectivity index (χ1) is 14.2. The van der Waals surface area contributed by atoms with Crippen LogP contribution in [0.25, 0.3) is 0 Å². The molecule has 1 aromatic heterocycles. The maximum Gasteiger partial charge on any atom is 0.274 e. The molecule has 0 aliphatic carbocycles. The summed E-state index contributed by atoms with van der Waals surface area (Å²) in [6.07, 6.45) is 0. The number of piperazine rings is 1. The Morgan fingerprint density at radius 3 is 2.41 bits per heavy atom. The number of methoxy groups -OCH3 is 1. The van der Waals surface area contributed by atoms with Gasteiger partial charge in [-0.1, -0.05) is 24.3 Å². The van der Waals surface area contributed by atoms with E-state index in [2.05, 4.69) is 32.5 Å². The molecule has 1 aliphatic heterocycles. The molecular formula is C22H23N5O2. The summed E-state index contributed by atoms with van der Waals surface area (Å²) in [4.78, 5) is 16.9. The Kier molecular flexibility index (Phi) is 5.56. The first-order valence-electron chi connectivity index (χ1n) is 9.57. The van der Waals surface area contributed by atoms with Gasteiger partial charge in [-0.2, -0.15) is 0 Å². The number of rotatable bonds is 5. The van der Waals surface area contributed by atoms with Crippen LogP contribution in [-0.4, -0.2) is 54.3 Å². The second-order valence-corrected chi connectivity index (χ2v) is 6.78. The first kappa shape index (κ1) is 18.7. The number of aromatic nitrogens is 2. The van der Waals surface area contributed by atoms with Gasteiger partial charge in [0.2, 0.25) is 0 Å². The average molecular weight is 389 g/mol. The van der Waals surface area contributed by atoms with E-state index >= 15 is 0 Å². The van der Waals surface area contributed by atoms with Crippen molar-refractivity contribution in [3.05, 3.63) is 72.4 Å². The minimum Gasteiger partial charge on any atom is -0.497 e. The molecule has 1 aliphatic rings. The Morgan fingerprint density at radius 1 is 0.931 bits per heavy atom. The molecule has 1 N–H and O–H groups in total. The Morgan fingerprint density at radius 2 is 1.72 bits per heavy atom. The average Bonchev–Trinajstić information content (AvgIpc) is 2.80. The van der Waals surface area contributed by atoms with Crippen LogP contribution in [0.15, 0.2) is 66.7 Å². The molecule has 148 valence electrons. The van der Waals surface area contributed by atoms with Crippen LogP contribution in [0.3, 0.4) is 0 Å². The standard InChI is InChI=1S/C22H23N5O2/c1-29-19-9-5-6-17(16-19)23-21-11-10-20(24-25-21)22(28)27-14-12-26(13-15-27)18-7-3-2-4-8-18/h2-11,16H,12-15H2,1H3,(H,23,25). The number of ether oxygens (including phenoxy) is 1. The number of para-hydroxylation sites is 1. The quantitative estimate of drug-likeness (QED) is 0.723. The smallest absolute Gasteiger partial charge is 0.274 e. The SMILES string of the molecule is COc1cccc(Nc2ccc(C(=O)N3CCN(c4ccccc4)CC3)nn2)c1. The second kappa shape index (κ2) is 8.60. The molecule has 7 heteroatoms. The van der Waals surface area contributed by atoms with Crippen molar-refractivity contribution in [2.75, 3.05) is 43.5 Å². The molecule has 0 bridgehead atoms. The van der Waals surface area contributed by atoms with Crippen LogP contribution in [-0.2, 0) is 0 Å². The lowest BCUT2D eigenvalue weighted by Crippen LogP contribution is -2.49. The van der Waals surface area contributed by atoms with Gasteiger partial charge in [-0.05, 0) is 36.4 Å². The molecule has 7 nitrogen and oxygen atoms in total. The van der Waals surface area contributed by atoms with Gasteiger partial charge in [0.15, 0.2) is 11.5 Å². The molecule has 0 saturated carbocycles. The molecule has 0 atom stereocenters. The number of amides is 1. The third-order valence-corrected chi connectivity index (χ3v) is 4.91. The topological polar surface area (TPSA) is 70.6 Å². The number of carbonyl (C=O) groups excluding carboxylic acids is 1. The molecule has 1 fully saturated rings. The van der Waals surface area contributed by atoms with Crippen LogP contribution in [0.4, 0.5) is 17.2 Å². The zero-order valence-corrected chi connectivity index (χ0v) is 16.3. The largest absolute Gasteiger partial charge is 0.497 e. The lowest BCUT2D eigenvalue weighted by molar-refractivity contribution is 0.0739. The summed E-state index contributed by atoms with van der Waals surface area (Å²) in [7, 11) is 1.62. The number of nitrogens with zero attached hydrogens (tertiary/aromatic N) is 4. The molecule has 29 heavy (non-hydrogen) atoms. The lowest BCUT2D eigenvalue weighted by Gasteiger charge is -2.35. The van der Waals surface area contributed by atoms with Crippen molar-refractivity contribution in [2.24, 2.45) is 0 Å². The van der Waals surface area contributed by atoms with Crippen LogP contribution in [0.5, 0.6) is 5.75 Å². The van der Waals surface area contributed by atoms with E-state index in [0.717, 1.165) is 24.5 Å². The summed E-state index contributed by atoms with van der Waals surface area (Å²) in [5.41, 5.74) is 2.39. The number of anilines is 3. The molecule has 1 saturated heterocycles. The van der Waals surface area contributed by atoms with Crippen molar-refractivity contribution in [1.82, 2.24) is 15.1 Å². The highest BCUT2D eigenvalue weighted by atomic mass is 16.5. The highest BCUT2D eigenvalue weighted by Crippen LogP contribution is 2.20. The van der Waals surface area contributed by atoms with Crippen molar-refractivity contribution in [3.63, 3.8) is 0 Å². The zero-order chi connectivity index (χ0) is 20.1. The summed E-state index contributed by atoms with van der Waals surface area (Å²) in [6, 6.07) is 21.3. The molecule has 4 rings (SSSR count). The fraction of sp³-hybridized carbons (Fsp3) is 0.227. The van der Waals surface area contributed by atoms with Crippen molar-refractivity contribution < 1.29 is 9.53 Å². The number of hydrogen-bond donors (Lipinski definition) is 1. The Labute approximate surface area is 169 Å². The highest BCUT2D eigenvalue weighted by molar-refractivity contribution is 5.92. The van der Waals surface area contributed by atoms with Crippen LogP contribution in [0.2, 0.25) is 0 Å². The highest BCUT2D eigenvalue weighted by Gasteiger charge is 2.23. The summed E-state index contributed by atoms with van der Waals surface area (Å²) in [5.74, 6) is 1.24. The van der Waals surface area contributed by atoms with E-state index < -0.39 is 0 Å². The number of carbonyl (C=O) groups is 1. The van der Waals surface area contributed by atoms with E-state index in [1.54, 1.807) is 19.2 Å². The van der Waals surface area contributed by atoms with E-state index in [-0.39, 0.29) is 5.91 Å². The van der Waals surface area contributed by atoms with E-state index in [4.69, 9.17) is 4.74 Å². The molecular weight excluding hydrogens is 366 g/mol. The van der Waals surface area contributed by atoms with Crippen molar-refractivity contribution in [2.45, 2.75) is 0 Å². The molecule has 0 unspecified atom stereocenters. The third-order valence-electron chi connectivity index (χ3n) is 4.91. The van der Waals surface area contributed by atoms with Gasteiger partial charge in [0.1, 0.15) is 5.75 Å². The number of hydrogen-bond acceptors (Lipinski definition) is 6. The van der Waals surface area contributed by atoms with Crippen molar-refractivity contribution >= 4 is 23.1 Å². The van der Waals surface area contributed by atoms with E-state index in [0.29, 0.717) is 24.6 Å². The second-order valence-electron chi connectivity index (χ2n) is 6.78. The normalized spacial score (nSPS) is 13.8. The van der Waals surface area contributed by atoms with E-state index in [9.17, 15) is 4.79 Å². The van der Waals surface area contributed by atoms with Crippen LogP contribution >= 0.6 is 0 Å². The number of nitrogens with one attached hydrogen (secondary N) is 1. The summed E-state index contributed by atoms with van der Waals surface area (Å²) < 4.78 is 5.22. The van der Waals surface area contributed by atoms with Gasteiger partial charge in [0.25, 0.3) is 5.91 Å². The van der Waals surface area contributed by atoms with Gasteiger partial charge < -0.3 is 19.9 Å². The fourth-order valence-electron chi connectivity index (χ4n) is 3.33.